The Morgan fingerprint density at radius 1 is 1.41 bits per heavy atom. The highest BCUT2D eigenvalue weighted by atomic mass is 32.1. The van der Waals surface area contributed by atoms with Crippen molar-refractivity contribution in [3.05, 3.63) is 21.4 Å². The number of rotatable bonds is 8. The van der Waals surface area contributed by atoms with Gasteiger partial charge < -0.3 is 10.1 Å². The van der Waals surface area contributed by atoms with E-state index in [-0.39, 0.29) is 0 Å². The maximum absolute atomic E-state index is 5.59. The highest BCUT2D eigenvalue weighted by Gasteiger charge is 2.05. The standard InChI is InChI=1S/C14H25NOS/c1-5-6-16-10-13-7-14(17-12(13)4)9-15-8-11(2)3/h7,11,15H,5-6,8-10H2,1-4H3. The Balaban J connectivity index is 2.38. The van der Waals surface area contributed by atoms with Crippen molar-refractivity contribution in [2.75, 3.05) is 13.2 Å². The molecule has 0 aliphatic heterocycles. The molecule has 3 heteroatoms. The van der Waals surface area contributed by atoms with Gasteiger partial charge in [0.2, 0.25) is 0 Å². The van der Waals surface area contributed by atoms with Crippen LogP contribution in [-0.4, -0.2) is 13.2 Å². The molecule has 0 unspecified atom stereocenters. The molecule has 0 aromatic carbocycles. The van der Waals surface area contributed by atoms with Crippen LogP contribution in [0.25, 0.3) is 0 Å². The maximum atomic E-state index is 5.59. The zero-order valence-electron chi connectivity index (χ0n) is 11.5. The Morgan fingerprint density at radius 3 is 2.82 bits per heavy atom. The van der Waals surface area contributed by atoms with E-state index in [2.05, 4.69) is 39.1 Å². The quantitative estimate of drug-likeness (QED) is 0.715. The molecule has 1 heterocycles. The van der Waals surface area contributed by atoms with Crippen LogP contribution in [0.5, 0.6) is 0 Å². The number of thiophene rings is 1. The minimum Gasteiger partial charge on any atom is -0.377 e. The summed E-state index contributed by atoms with van der Waals surface area (Å²) >= 11 is 1.88. The van der Waals surface area contributed by atoms with Crippen molar-refractivity contribution in [3.8, 4) is 0 Å². The van der Waals surface area contributed by atoms with Crippen LogP contribution >= 0.6 is 11.3 Å². The summed E-state index contributed by atoms with van der Waals surface area (Å²) in [4.78, 5) is 2.81. The Hall–Kier alpha value is -0.380. The first-order valence-electron chi connectivity index (χ1n) is 6.50. The third-order valence-electron chi connectivity index (χ3n) is 2.53. The van der Waals surface area contributed by atoms with Gasteiger partial charge in [0.1, 0.15) is 0 Å². The van der Waals surface area contributed by atoms with E-state index in [1.165, 1.54) is 15.3 Å². The molecule has 2 nitrogen and oxygen atoms in total. The molecule has 1 N–H and O–H groups in total. The van der Waals surface area contributed by atoms with Gasteiger partial charge in [-0.15, -0.1) is 11.3 Å². The highest BCUT2D eigenvalue weighted by molar-refractivity contribution is 7.12. The van der Waals surface area contributed by atoms with Gasteiger partial charge in [0, 0.05) is 22.9 Å². The van der Waals surface area contributed by atoms with Crippen LogP contribution in [0.2, 0.25) is 0 Å². The Morgan fingerprint density at radius 2 is 2.18 bits per heavy atom. The van der Waals surface area contributed by atoms with Gasteiger partial charge in [-0.2, -0.15) is 0 Å². The highest BCUT2D eigenvalue weighted by Crippen LogP contribution is 2.22. The zero-order chi connectivity index (χ0) is 12.7. The van der Waals surface area contributed by atoms with E-state index in [1.54, 1.807) is 0 Å². The number of ether oxygens (including phenoxy) is 1. The van der Waals surface area contributed by atoms with Crippen LogP contribution < -0.4 is 5.32 Å². The SMILES string of the molecule is CCCOCc1cc(CNCC(C)C)sc1C. The fourth-order valence-corrected chi connectivity index (χ4v) is 2.65. The second-order valence-electron chi connectivity index (χ2n) is 4.87. The molecular weight excluding hydrogens is 230 g/mol. The van der Waals surface area contributed by atoms with Crippen molar-refractivity contribution >= 4 is 11.3 Å². The molecule has 0 aliphatic carbocycles. The predicted octanol–water partition coefficient (Wildman–Crippen LogP) is 3.73. The van der Waals surface area contributed by atoms with Gasteiger partial charge in [-0.1, -0.05) is 20.8 Å². The lowest BCUT2D eigenvalue weighted by Crippen LogP contribution is -2.18. The Bertz CT molecular complexity index is 320. The second-order valence-corrected chi connectivity index (χ2v) is 6.21. The average Bonchev–Trinajstić information content (AvgIpc) is 2.59. The summed E-state index contributed by atoms with van der Waals surface area (Å²) in [5, 5.41) is 3.48. The van der Waals surface area contributed by atoms with Crippen LogP contribution in [0, 0.1) is 12.8 Å². The molecule has 1 aromatic heterocycles. The smallest absolute Gasteiger partial charge is 0.0727 e. The van der Waals surface area contributed by atoms with Gasteiger partial charge in [-0.3, -0.25) is 0 Å². The van der Waals surface area contributed by atoms with Crippen molar-refractivity contribution in [2.24, 2.45) is 5.92 Å². The molecule has 0 saturated heterocycles. The van der Waals surface area contributed by atoms with Crippen molar-refractivity contribution in [1.29, 1.82) is 0 Å². The van der Waals surface area contributed by atoms with E-state index in [0.29, 0.717) is 5.92 Å². The van der Waals surface area contributed by atoms with E-state index in [4.69, 9.17) is 4.74 Å². The monoisotopic (exact) mass is 255 g/mol. The van der Waals surface area contributed by atoms with Crippen molar-refractivity contribution in [2.45, 2.75) is 47.3 Å². The molecule has 0 saturated carbocycles. The van der Waals surface area contributed by atoms with Crippen molar-refractivity contribution < 1.29 is 4.74 Å². The summed E-state index contributed by atoms with van der Waals surface area (Å²) in [5.41, 5.74) is 1.35. The van der Waals surface area contributed by atoms with E-state index < -0.39 is 0 Å². The molecule has 17 heavy (non-hydrogen) atoms. The molecule has 1 aromatic rings. The molecule has 98 valence electrons. The first-order chi connectivity index (χ1) is 8.13. The Kier molecular flexibility index (Phi) is 6.78. The Labute approximate surface area is 109 Å². The largest absolute Gasteiger partial charge is 0.377 e. The zero-order valence-corrected chi connectivity index (χ0v) is 12.3. The van der Waals surface area contributed by atoms with Crippen LogP contribution in [0.1, 0.15) is 42.5 Å². The number of hydrogen-bond donors (Lipinski definition) is 1. The number of aryl methyl sites for hydroxylation is 1. The summed E-state index contributed by atoms with van der Waals surface area (Å²) in [5.74, 6) is 0.711. The van der Waals surface area contributed by atoms with Gasteiger partial charge >= 0.3 is 0 Å². The first-order valence-corrected chi connectivity index (χ1v) is 7.31. The minimum absolute atomic E-state index is 0.711. The third kappa shape index (κ3) is 5.66. The molecule has 0 fully saturated rings. The van der Waals surface area contributed by atoms with Gasteiger partial charge in [0.25, 0.3) is 0 Å². The van der Waals surface area contributed by atoms with Crippen LogP contribution in [0.3, 0.4) is 0 Å². The predicted molar refractivity (Wildman–Crippen MR) is 75.5 cm³/mol. The fourth-order valence-electron chi connectivity index (χ4n) is 1.63. The number of nitrogens with one attached hydrogen (secondary N) is 1. The normalized spacial score (nSPS) is 11.4. The molecular formula is C14H25NOS. The molecule has 0 bridgehead atoms. The third-order valence-corrected chi connectivity index (χ3v) is 3.62. The van der Waals surface area contributed by atoms with Crippen molar-refractivity contribution in [3.63, 3.8) is 0 Å². The molecule has 0 radical (unpaired) electrons. The van der Waals surface area contributed by atoms with E-state index in [9.17, 15) is 0 Å². The van der Waals surface area contributed by atoms with Gasteiger partial charge in [0.15, 0.2) is 0 Å². The molecule has 0 amide bonds. The lowest BCUT2D eigenvalue weighted by Gasteiger charge is -2.05. The second kappa shape index (κ2) is 7.85. The van der Waals surface area contributed by atoms with Gasteiger partial charge in [-0.25, -0.2) is 0 Å². The summed E-state index contributed by atoms with van der Waals surface area (Å²) < 4.78 is 5.59. The van der Waals surface area contributed by atoms with E-state index >= 15 is 0 Å². The van der Waals surface area contributed by atoms with Gasteiger partial charge in [-0.05, 0) is 37.4 Å². The lowest BCUT2D eigenvalue weighted by atomic mass is 10.2. The molecule has 0 aliphatic rings. The summed E-state index contributed by atoms with van der Waals surface area (Å²) in [6.07, 6.45) is 1.09. The minimum atomic E-state index is 0.711. The summed E-state index contributed by atoms with van der Waals surface area (Å²) in [7, 11) is 0. The maximum Gasteiger partial charge on any atom is 0.0727 e. The first kappa shape index (κ1) is 14.7. The lowest BCUT2D eigenvalue weighted by molar-refractivity contribution is 0.121. The van der Waals surface area contributed by atoms with Crippen LogP contribution in [0.4, 0.5) is 0 Å². The molecule has 1 rings (SSSR count). The van der Waals surface area contributed by atoms with Crippen LogP contribution in [-0.2, 0) is 17.9 Å². The van der Waals surface area contributed by atoms with E-state index in [1.807, 2.05) is 11.3 Å². The summed E-state index contributed by atoms with van der Waals surface area (Å²) in [6, 6.07) is 2.28. The topological polar surface area (TPSA) is 21.3 Å². The molecule has 0 atom stereocenters. The van der Waals surface area contributed by atoms with Crippen molar-refractivity contribution in [1.82, 2.24) is 5.32 Å². The average molecular weight is 255 g/mol. The van der Waals surface area contributed by atoms with Crippen LogP contribution in [0.15, 0.2) is 6.07 Å². The summed E-state index contributed by atoms with van der Waals surface area (Å²) in [6.45, 7) is 12.5. The van der Waals surface area contributed by atoms with Gasteiger partial charge in [0.05, 0.1) is 6.61 Å². The number of hydrogen-bond acceptors (Lipinski definition) is 3. The fraction of sp³-hybridized carbons (Fsp3) is 0.714. The van der Waals surface area contributed by atoms with E-state index in [0.717, 1.165) is 32.7 Å². The molecule has 0 spiro atoms.